The highest BCUT2D eigenvalue weighted by Crippen LogP contribution is 2.52. The molecule has 3 heteroatoms. The second kappa shape index (κ2) is 7.14. The summed E-state index contributed by atoms with van der Waals surface area (Å²) >= 11 is 0. The monoisotopic (exact) mass is 351 g/mol. The van der Waals surface area contributed by atoms with Crippen LogP contribution in [-0.2, 0) is 14.9 Å². The van der Waals surface area contributed by atoms with Crippen molar-refractivity contribution in [3.05, 3.63) is 65.7 Å². The molecule has 2 atom stereocenters. The van der Waals surface area contributed by atoms with Gasteiger partial charge in [0.05, 0.1) is 6.04 Å². The molecule has 3 nitrogen and oxygen atoms in total. The second-order valence-corrected chi connectivity index (χ2v) is 8.11. The molecule has 1 N–H and O–H groups in total. The number of anilines is 1. The zero-order valence-corrected chi connectivity index (χ0v) is 16.2. The van der Waals surface area contributed by atoms with Crippen LogP contribution in [0.3, 0.4) is 0 Å². The Morgan fingerprint density at radius 1 is 1.08 bits per heavy atom. The minimum absolute atomic E-state index is 0.123. The molecule has 0 aromatic heterocycles. The van der Waals surface area contributed by atoms with Crippen molar-refractivity contribution >= 4 is 11.7 Å². The van der Waals surface area contributed by atoms with Crippen molar-refractivity contribution < 1.29 is 9.53 Å². The quantitative estimate of drug-likeness (QED) is 0.710. The van der Waals surface area contributed by atoms with Crippen molar-refractivity contribution in [1.82, 2.24) is 0 Å². The van der Waals surface area contributed by atoms with E-state index in [0.717, 1.165) is 36.1 Å². The summed E-state index contributed by atoms with van der Waals surface area (Å²) in [6.45, 7) is 7.97. The van der Waals surface area contributed by atoms with Gasteiger partial charge in [0.25, 0.3) is 0 Å². The van der Waals surface area contributed by atoms with E-state index in [1.165, 1.54) is 0 Å². The number of para-hydroxylation sites is 1. The number of hydrogen-bond acceptors (Lipinski definition) is 3. The molecule has 2 aromatic carbocycles. The van der Waals surface area contributed by atoms with E-state index in [9.17, 15) is 4.79 Å². The van der Waals surface area contributed by atoms with Crippen LogP contribution < -0.4 is 5.32 Å². The zero-order chi connectivity index (χ0) is 18.8. The van der Waals surface area contributed by atoms with Crippen molar-refractivity contribution in [3.8, 4) is 0 Å². The minimum atomic E-state index is -0.707. The van der Waals surface area contributed by atoms with E-state index in [-0.39, 0.29) is 12.0 Å². The molecule has 0 saturated carbocycles. The molecule has 0 bridgehead atoms. The second-order valence-electron chi connectivity index (χ2n) is 8.11. The first kappa shape index (κ1) is 18.5. The average Bonchev–Trinajstić information content (AvgIpc) is 2.95. The van der Waals surface area contributed by atoms with Crippen LogP contribution in [0, 0.1) is 0 Å². The fraction of sp³-hybridized carbons (Fsp3) is 0.435. The van der Waals surface area contributed by atoms with Gasteiger partial charge in [0.1, 0.15) is 11.0 Å². The third-order valence-electron chi connectivity index (χ3n) is 5.02. The van der Waals surface area contributed by atoms with Crippen molar-refractivity contribution in [1.29, 1.82) is 0 Å². The Kier molecular flexibility index (Phi) is 5.08. The molecule has 0 amide bonds. The maximum absolute atomic E-state index is 13.6. The first-order valence-corrected chi connectivity index (χ1v) is 9.53. The highest BCUT2D eigenvalue weighted by molar-refractivity contribution is 5.90. The molecule has 1 aliphatic rings. The van der Waals surface area contributed by atoms with Crippen LogP contribution in [0.4, 0.5) is 5.69 Å². The summed E-state index contributed by atoms with van der Waals surface area (Å²) < 4.78 is 5.95. The van der Waals surface area contributed by atoms with E-state index in [1.54, 1.807) is 0 Å². The largest absolute Gasteiger partial charge is 0.459 e. The van der Waals surface area contributed by atoms with Gasteiger partial charge >= 0.3 is 5.97 Å². The molecule has 2 aromatic rings. The summed E-state index contributed by atoms with van der Waals surface area (Å²) in [6, 6.07) is 18.3. The normalized spacial score (nSPS) is 21.8. The molecule has 0 saturated heterocycles. The van der Waals surface area contributed by atoms with Gasteiger partial charge in [0.15, 0.2) is 0 Å². The standard InChI is InChI=1S/C23H29NO2/c1-5-6-16-23(21(25)26-22(2,3)4)18-14-10-11-15-19(18)24-20(23)17-12-8-7-9-13-17/h7-15,20,24H,5-6,16H2,1-4H3/t20-,23-/m1/s1. The molecule has 0 radical (unpaired) electrons. The van der Waals surface area contributed by atoms with Gasteiger partial charge < -0.3 is 10.1 Å². The molecule has 0 unspecified atom stereocenters. The van der Waals surface area contributed by atoms with E-state index in [4.69, 9.17) is 4.74 Å². The lowest BCUT2D eigenvalue weighted by Crippen LogP contribution is -2.44. The van der Waals surface area contributed by atoms with Gasteiger partial charge in [0, 0.05) is 5.69 Å². The molecular weight excluding hydrogens is 322 g/mol. The van der Waals surface area contributed by atoms with E-state index >= 15 is 0 Å². The number of nitrogens with one attached hydrogen (secondary N) is 1. The third kappa shape index (κ3) is 3.35. The first-order valence-electron chi connectivity index (χ1n) is 9.53. The Hall–Kier alpha value is -2.29. The Morgan fingerprint density at radius 2 is 1.73 bits per heavy atom. The van der Waals surface area contributed by atoms with Gasteiger partial charge in [-0.15, -0.1) is 0 Å². The fourth-order valence-electron chi connectivity index (χ4n) is 3.88. The number of esters is 1. The number of carbonyl (C=O) groups is 1. The van der Waals surface area contributed by atoms with Crippen LogP contribution >= 0.6 is 0 Å². The Bertz CT molecular complexity index is 763. The lowest BCUT2D eigenvalue weighted by molar-refractivity contribution is -0.163. The molecule has 3 rings (SSSR count). The Morgan fingerprint density at radius 3 is 2.38 bits per heavy atom. The fourth-order valence-corrected chi connectivity index (χ4v) is 3.88. The number of benzene rings is 2. The van der Waals surface area contributed by atoms with Crippen molar-refractivity contribution in [2.24, 2.45) is 0 Å². The van der Waals surface area contributed by atoms with Gasteiger partial charge in [-0.2, -0.15) is 0 Å². The molecule has 0 spiro atoms. The number of carbonyl (C=O) groups excluding carboxylic acids is 1. The molecule has 1 aliphatic heterocycles. The number of rotatable bonds is 5. The summed E-state index contributed by atoms with van der Waals surface area (Å²) in [4.78, 5) is 13.6. The number of fused-ring (bicyclic) bond motifs is 1. The van der Waals surface area contributed by atoms with E-state index < -0.39 is 11.0 Å². The number of unbranched alkanes of at least 4 members (excludes halogenated alkanes) is 1. The molecule has 138 valence electrons. The van der Waals surface area contributed by atoms with Crippen LogP contribution in [0.5, 0.6) is 0 Å². The van der Waals surface area contributed by atoms with E-state index in [0.29, 0.717) is 0 Å². The predicted molar refractivity (Wildman–Crippen MR) is 106 cm³/mol. The van der Waals surface area contributed by atoms with Crippen LogP contribution in [0.15, 0.2) is 54.6 Å². The van der Waals surface area contributed by atoms with Gasteiger partial charge in [0.2, 0.25) is 0 Å². The first-order chi connectivity index (χ1) is 12.4. The summed E-state index contributed by atoms with van der Waals surface area (Å²) in [5.74, 6) is -0.134. The Labute approximate surface area is 156 Å². The van der Waals surface area contributed by atoms with Crippen LogP contribution in [0.1, 0.15) is 64.1 Å². The highest BCUT2D eigenvalue weighted by atomic mass is 16.6. The smallest absolute Gasteiger partial charge is 0.319 e. The molecule has 0 aliphatic carbocycles. The summed E-state index contributed by atoms with van der Waals surface area (Å²) in [6.07, 6.45) is 2.77. The lowest BCUT2D eigenvalue weighted by Gasteiger charge is -2.36. The topological polar surface area (TPSA) is 38.3 Å². The lowest BCUT2D eigenvalue weighted by atomic mass is 9.70. The van der Waals surface area contributed by atoms with Gasteiger partial charge in [-0.25, -0.2) is 0 Å². The molecule has 1 heterocycles. The van der Waals surface area contributed by atoms with Crippen LogP contribution in [0.2, 0.25) is 0 Å². The van der Waals surface area contributed by atoms with Crippen molar-refractivity contribution in [2.45, 2.75) is 64.0 Å². The van der Waals surface area contributed by atoms with E-state index in [1.807, 2.05) is 51.1 Å². The molecule has 26 heavy (non-hydrogen) atoms. The summed E-state index contributed by atoms with van der Waals surface area (Å²) in [7, 11) is 0. The van der Waals surface area contributed by atoms with E-state index in [2.05, 4.69) is 36.5 Å². The zero-order valence-electron chi connectivity index (χ0n) is 16.2. The van der Waals surface area contributed by atoms with Crippen LogP contribution in [-0.4, -0.2) is 11.6 Å². The minimum Gasteiger partial charge on any atom is -0.459 e. The average molecular weight is 351 g/mol. The maximum atomic E-state index is 13.6. The SMILES string of the molecule is CCCC[C@@]1(C(=O)OC(C)(C)C)c2ccccc2N[C@@H]1c1ccccc1. The summed E-state index contributed by atoms with van der Waals surface area (Å²) in [5, 5.41) is 3.62. The summed E-state index contributed by atoms with van der Waals surface area (Å²) in [5.41, 5.74) is 1.97. The maximum Gasteiger partial charge on any atom is 0.319 e. The molecule has 0 fully saturated rings. The van der Waals surface area contributed by atoms with Gasteiger partial charge in [-0.05, 0) is 44.4 Å². The van der Waals surface area contributed by atoms with Crippen molar-refractivity contribution in [2.75, 3.05) is 5.32 Å². The van der Waals surface area contributed by atoms with Gasteiger partial charge in [-0.1, -0.05) is 68.3 Å². The molecular formula is C23H29NO2. The number of hydrogen-bond donors (Lipinski definition) is 1. The predicted octanol–water partition coefficient (Wildman–Crippen LogP) is 5.62. The van der Waals surface area contributed by atoms with Crippen molar-refractivity contribution in [3.63, 3.8) is 0 Å². The number of ether oxygens (including phenoxy) is 1. The highest BCUT2D eigenvalue weighted by Gasteiger charge is 2.54. The third-order valence-corrected chi connectivity index (χ3v) is 5.02. The van der Waals surface area contributed by atoms with Gasteiger partial charge in [-0.3, -0.25) is 4.79 Å². The van der Waals surface area contributed by atoms with Crippen LogP contribution in [0.25, 0.3) is 0 Å². The Balaban J connectivity index is 2.15.